The molecule has 0 N–H and O–H groups in total. The second-order valence-electron chi connectivity index (χ2n) is 5.46. The summed E-state index contributed by atoms with van der Waals surface area (Å²) in [6, 6.07) is 3.86. The van der Waals surface area contributed by atoms with E-state index in [1.165, 1.54) is 43.1 Å². The van der Waals surface area contributed by atoms with E-state index in [1.54, 1.807) is 6.92 Å². The highest BCUT2D eigenvalue weighted by Crippen LogP contribution is 2.37. The van der Waals surface area contributed by atoms with Gasteiger partial charge in [0.15, 0.2) is 0 Å². The third-order valence-corrected chi connectivity index (χ3v) is 3.98. The van der Waals surface area contributed by atoms with Crippen LogP contribution in [0.4, 0.5) is 18.0 Å². The Hall–Kier alpha value is -2.71. The number of ether oxygens (including phenoxy) is 2. The Morgan fingerprint density at radius 1 is 1.16 bits per heavy atom. The Morgan fingerprint density at radius 3 is 2.20 bits per heavy atom. The molecule has 1 aliphatic rings. The lowest BCUT2D eigenvalue weighted by Gasteiger charge is -2.39. The van der Waals surface area contributed by atoms with Crippen molar-refractivity contribution in [2.75, 3.05) is 21.2 Å². The van der Waals surface area contributed by atoms with E-state index in [2.05, 4.69) is 4.74 Å². The van der Waals surface area contributed by atoms with Crippen molar-refractivity contribution in [2.45, 2.75) is 19.3 Å². The molecule has 1 heterocycles. The van der Waals surface area contributed by atoms with Gasteiger partial charge in [-0.3, -0.25) is 0 Å². The fourth-order valence-corrected chi connectivity index (χ4v) is 2.67. The molecule has 0 saturated heterocycles. The highest BCUT2D eigenvalue weighted by molar-refractivity contribution is 5.94. The van der Waals surface area contributed by atoms with Gasteiger partial charge < -0.3 is 19.3 Å². The Bertz CT molecular complexity index is 713. The summed E-state index contributed by atoms with van der Waals surface area (Å²) in [6.07, 6.45) is -4.80. The molecule has 0 bridgehead atoms. The van der Waals surface area contributed by atoms with Crippen LogP contribution < -0.4 is 4.74 Å². The lowest BCUT2D eigenvalue weighted by atomic mass is 9.93. The van der Waals surface area contributed by atoms with Gasteiger partial charge in [-0.15, -0.1) is 13.2 Å². The number of urea groups is 1. The summed E-state index contributed by atoms with van der Waals surface area (Å²) in [5.74, 6) is -1.01. The monoisotopic (exact) mass is 358 g/mol. The quantitative estimate of drug-likeness (QED) is 0.780. The number of allylic oxidation sites excluding steroid dienone is 1. The minimum atomic E-state index is -4.80. The van der Waals surface area contributed by atoms with Crippen LogP contribution in [0.5, 0.6) is 5.75 Å². The molecule has 1 aromatic rings. The molecule has 6 nitrogen and oxygen atoms in total. The number of hydrogen-bond acceptors (Lipinski definition) is 4. The van der Waals surface area contributed by atoms with Crippen molar-refractivity contribution in [3.05, 3.63) is 41.1 Å². The first kappa shape index (κ1) is 18.6. The fourth-order valence-electron chi connectivity index (χ4n) is 2.67. The number of carbonyl (C=O) groups is 2. The standard InChI is InChI=1S/C16H17F3N2O4/c1-9-12(14(22)24-4)13(21(3)15(23)20(9)2)10-5-7-11(8-6-10)25-16(17,18)19/h5-8,13H,1-4H3. The van der Waals surface area contributed by atoms with Gasteiger partial charge in [0, 0.05) is 19.8 Å². The number of hydrogen-bond donors (Lipinski definition) is 0. The predicted molar refractivity (Wildman–Crippen MR) is 81.5 cm³/mol. The van der Waals surface area contributed by atoms with E-state index in [0.717, 1.165) is 12.1 Å². The lowest BCUT2D eigenvalue weighted by Crippen LogP contribution is -2.47. The molecule has 0 spiro atoms. The fraction of sp³-hybridized carbons (Fsp3) is 0.375. The first-order chi connectivity index (χ1) is 11.6. The zero-order chi connectivity index (χ0) is 18.9. The summed E-state index contributed by atoms with van der Waals surface area (Å²) >= 11 is 0. The SMILES string of the molecule is COC(=O)C1=C(C)N(C)C(=O)N(C)C1c1ccc(OC(F)(F)F)cc1. The largest absolute Gasteiger partial charge is 0.573 e. The van der Waals surface area contributed by atoms with E-state index in [-0.39, 0.29) is 11.6 Å². The number of rotatable bonds is 3. The minimum Gasteiger partial charge on any atom is -0.466 e. The van der Waals surface area contributed by atoms with Crippen LogP contribution in [0.3, 0.4) is 0 Å². The Balaban J connectivity index is 2.46. The lowest BCUT2D eigenvalue weighted by molar-refractivity contribution is -0.274. The third-order valence-electron chi connectivity index (χ3n) is 3.98. The van der Waals surface area contributed by atoms with Crippen molar-refractivity contribution in [1.82, 2.24) is 9.80 Å². The van der Waals surface area contributed by atoms with Gasteiger partial charge in [0.05, 0.1) is 18.7 Å². The zero-order valence-corrected chi connectivity index (χ0v) is 14.0. The molecule has 0 aromatic heterocycles. The molecular formula is C16H17F3N2O4. The van der Waals surface area contributed by atoms with Crippen LogP contribution in [0.1, 0.15) is 18.5 Å². The maximum atomic E-state index is 12.3. The molecule has 25 heavy (non-hydrogen) atoms. The van der Waals surface area contributed by atoms with Crippen molar-refractivity contribution in [3.63, 3.8) is 0 Å². The van der Waals surface area contributed by atoms with Gasteiger partial charge in [-0.05, 0) is 24.6 Å². The van der Waals surface area contributed by atoms with Gasteiger partial charge >= 0.3 is 18.4 Å². The molecular weight excluding hydrogens is 341 g/mol. The molecule has 0 aliphatic carbocycles. The number of alkyl halides is 3. The normalized spacial score (nSPS) is 18.5. The average molecular weight is 358 g/mol. The highest BCUT2D eigenvalue weighted by Gasteiger charge is 2.39. The van der Waals surface area contributed by atoms with Crippen molar-refractivity contribution < 1.29 is 32.2 Å². The predicted octanol–water partition coefficient (Wildman–Crippen LogP) is 3.07. The Labute approximate surface area is 142 Å². The van der Waals surface area contributed by atoms with Crippen molar-refractivity contribution in [3.8, 4) is 5.75 Å². The number of halogens is 3. The first-order valence-electron chi connectivity index (χ1n) is 7.22. The number of likely N-dealkylation sites (N-methyl/N-ethyl adjacent to an activating group) is 1. The van der Waals surface area contributed by atoms with Gasteiger partial charge in [-0.2, -0.15) is 0 Å². The molecule has 0 saturated carbocycles. The molecule has 0 fully saturated rings. The summed E-state index contributed by atoms with van der Waals surface area (Å²) in [5.41, 5.74) is 1.10. The molecule has 1 unspecified atom stereocenters. The zero-order valence-electron chi connectivity index (χ0n) is 14.0. The first-order valence-corrected chi connectivity index (χ1v) is 7.22. The topological polar surface area (TPSA) is 59.1 Å². The summed E-state index contributed by atoms with van der Waals surface area (Å²) < 4.78 is 45.4. The van der Waals surface area contributed by atoms with Gasteiger partial charge in [0.2, 0.25) is 0 Å². The maximum Gasteiger partial charge on any atom is 0.573 e. The summed E-state index contributed by atoms with van der Waals surface area (Å²) in [4.78, 5) is 27.1. The number of esters is 1. The molecule has 2 rings (SSSR count). The van der Waals surface area contributed by atoms with Gasteiger partial charge in [0.1, 0.15) is 5.75 Å². The van der Waals surface area contributed by atoms with Crippen molar-refractivity contribution >= 4 is 12.0 Å². The summed E-state index contributed by atoms with van der Waals surface area (Å²) in [7, 11) is 4.24. The van der Waals surface area contributed by atoms with E-state index in [4.69, 9.17) is 4.74 Å². The molecule has 1 aromatic carbocycles. The molecule has 9 heteroatoms. The van der Waals surface area contributed by atoms with Crippen LogP contribution in [0.15, 0.2) is 35.5 Å². The van der Waals surface area contributed by atoms with Crippen molar-refractivity contribution in [1.29, 1.82) is 0 Å². The van der Waals surface area contributed by atoms with E-state index in [0.29, 0.717) is 11.3 Å². The van der Waals surface area contributed by atoms with Crippen LogP contribution in [-0.4, -0.2) is 49.4 Å². The third kappa shape index (κ3) is 3.70. The van der Waals surface area contributed by atoms with Gasteiger partial charge in [-0.25, -0.2) is 9.59 Å². The molecule has 0 radical (unpaired) electrons. The van der Waals surface area contributed by atoms with E-state index < -0.39 is 24.1 Å². The van der Waals surface area contributed by atoms with Crippen LogP contribution in [0.25, 0.3) is 0 Å². The van der Waals surface area contributed by atoms with Gasteiger partial charge in [-0.1, -0.05) is 12.1 Å². The molecule has 136 valence electrons. The number of nitrogens with zero attached hydrogens (tertiary/aromatic N) is 2. The second kappa shape index (κ2) is 6.66. The van der Waals surface area contributed by atoms with E-state index >= 15 is 0 Å². The minimum absolute atomic E-state index is 0.233. The Morgan fingerprint density at radius 2 is 1.72 bits per heavy atom. The van der Waals surface area contributed by atoms with Crippen LogP contribution in [0.2, 0.25) is 0 Å². The maximum absolute atomic E-state index is 12.3. The molecule has 1 atom stereocenters. The van der Waals surface area contributed by atoms with Crippen LogP contribution >= 0.6 is 0 Å². The second-order valence-corrected chi connectivity index (χ2v) is 5.46. The number of amides is 2. The smallest absolute Gasteiger partial charge is 0.466 e. The number of methoxy groups -OCH3 is 1. The van der Waals surface area contributed by atoms with E-state index in [9.17, 15) is 22.8 Å². The Kier molecular flexibility index (Phi) is 4.96. The van der Waals surface area contributed by atoms with Gasteiger partial charge in [0.25, 0.3) is 0 Å². The molecule has 2 amide bonds. The van der Waals surface area contributed by atoms with Crippen LogP contribution in [0, 0.1) is 0 Å². The van der Waals surface area contributed by atoms with E-state index in [1.807, 2.05) is 0 Å². The van der Waals surface area contributed by atoms with Crippen molar-refractivity contribution in [2.24, 2.45) is 0 Å². The number of benzene rings is 1. The average Bonchev–Trinajstić information content (AvgIpc) is 2.55. The molecule has 1 aliphatic heterocycles. The highest BCUT2D eigenvalue weighted by atomic mass is 19.4. The van der Waals surface area contributed by atoms with Crippen LogP contribution in [-0.2, 0) is 9.53 Å². The summed E-state index contributed by atoms with van der Waals surface area (Å²) in [5, 5.41) is 0. The summed E-state index contributed by atoms with van der Waals surface area (Å²) in [6.45, 7) is 1.60. The number of carbonyl (C=O) groups excluding carboxylic acids is 2.